The number of hydrogen-bond acceptors (Lipinski definition) is 5. The molecule has 0 spiro atoms. The van der Waals surface area contributed by atoms with Gasteiger partial charge in [-0.2, -0.15) is 0 Å². The highest BCUT2D eigenvalue weighted by atomic mass is 16.2. The topological polar surface area (TPSA) is 78.3 Å². The number of amides is 2. The maximum Gasteiger partial charge on any atom is 0.315 e. The highest BCUT2D eigenvalue weighted by Gasteiger charge is 2.20. The molecule has 8 nitrogen and oxygen atoms in total. The van der Waals surface area contributed by atoms with Gasteiger partial charge in [-0.25, -0.2) is 14.8 Å². The van der Waals surface area contributed by atoms with Gasteiger partial charge in [-0.1, -0.05) is 0 Å². The molecule has 0 radical (unpaired) electrons. The van der Waals surface area contributed by atoms with Gasteiger partial charge in [-0.3, -0.25) is 4.57 Å². The van der Waals surface area contributed by atoms with Crippen LogP contribution in [0.1, 0.15) is 18.4 Å². The molecule has 2 aromatic heterocycles. The minimum absolute atomic E-state index is 0.140. The standard InChI is InChI=1S/C19H29N7O/c1-24(2)17-4-9-25(10-5-17)11-8-22-19(27)23-14-16-3-6-21-18(13-16)26-12-7-20-15-26/h3,6-7,12-13,15,17H,4-5,8-11,14H2,1-2H3,(H2,22,23,27). The van der Waals surface area contributed by atoms with Gasteiger partial charge >= 0.3 is 6.03 Å². The van der Waals surface area contributed by atoms with E-state index in [-0.39, 0.29) is 6.03 Å². The van der Waals surface area contributed by atoms with E-state index in [4.69, 9.17) is 0 Å². The summed E-state index contributed by atoms with van der Waals surface area (Å²) in [6.45, 7) is 4.22. The van der Waals surface area contributed by atoms with E-state index in [1.54, 1.807) is 18.7 Å². The van der Waals surface area contributed by atoms with Crippen molar-refractivity contribution in [1.82, 2.24) is 35.0 Å². The molecule has 8 heteroatoms. The molecule has 146 valence electrons. The number of urea groups is 1. The van der Waals surface area contributed by atoms with E-state index in [1.807, 2.05) is 22.9 Å². The molecular formula is C19H29N7O. The lowest BCUT2D eigenvalue weighted by Gasteiger charge is -2.35. The number of nitrogens with zero attached hydrogens (tertiary/aromatic N) is 5. The first kappa shape index (κ1) is 19.3. The van der Waals surface area contributed by atoms with Crippen molar-refractivity contribution >= 4 is 6.03 Å². The molecule has 1 saturated heterocycles. The summed E-state index contributed by atoms with van der Waals surface area (Å²) in [5.41, 5.74) is 0.995. The minimum atomic E-state index is -0.140. The van der Waals surface area contributed by atoms with E-state index in [0.717, 1.165) is 31.0 Å². The molecule has 3 rings (SSSR count). The minimum Gasteiger partial charge on any atom is -0.337 e. The number of piperidine rings is 1. The van der Waals surface area contributed by atoms with E-state index in [2.05, 4.69) is 44.5 Å². The molecule has 2 aromatic rings. The fourth-order valence-corrected chi connectivity index (χ4v) is 3.34. The van der Waals surface area contributed by atoms with Crippen LogP contribution in [0, 0.1) is 0 Å². The highest BCUT2D eigenvalue weighted by Crippen LogP contribution is 2.13. The van der Waals surface area contributed by atoms with Crippen LogP contribution in [0.4, 0.5) is 4.79 Å². The first-order chi connectivity index (χ1) is 13.1. The Morgan fingerprint density at radius 2 is 2.07 bits per heavy atom. The Bertz CT molecular complexity index is 709. The maximum absolute atomic E-state index is 12.0. The van der Waals surface area contributed by atoms with Crippen molar-refractivity contribution in [3.63, 3.8) is 0 Å². The number of rotatable bonds is 7. The normalized spacial score (nSPS) is 15.8. The van der Waals surface area contributed by atoms with Crippen LogP contribution < -0.4 is 10.6 Å². The van der Waals surface area contributed by atoms with Crippen molar-refractivity contribution in [2.75, 3.05) is 40.3 Å². The SMILES string of the molecule is CN(C)C1CCN(CCNC(=O)NCc2ccnc(-n3ccnc3)c2)CC1. The number of imidazole rings is 1. The van der Waals surface area contributed by atoms with Gasteiger partial charge in [-0.05, 0) is 57.7 Å². The van der Waals surface area contributed by atoms with E-state index < -0.39 is 0 Å². The summed E-state index contributed by atoms with van der Waals surface area (Å²) in [5.74, 6) is 0.785. The number of likely N-dealkylation sites (tertiary alicyclic amines) is 1. The smallest absolute Gasteiger partial charge is 0.315 e. The van der Waals surface area contributed by atoms with Gasteiger partial charge in [0.2, 0.25) is 0 Å². The molecule has 0 unspecified atom stereocenters. The molecule has 2 amide bonds. The van der Waals surface area contributed by atoms with Crippen LogP contribution in [0.15, 0.2) is 37.1 Å². The third-order valence-corrected chi connectivity index (χ3v) is 5.03. The molecule has 2 N–H and O–H groups in total. The number of carbonyl (C=O) groups excluding carboxylic acids is 1. The fourth-order valence-electron chi connectivity index (χ4n) is 3.34. The van der Waals surface area contributed by atoms with E-state index >= 15 is 0 Å². The van der Waals surface area contributed by atoms with Gasteiger partial charge in [-0.15, -0.1) is 0 Å². The molecule has 27 heavy (non-hydrogen) atoms. The average Bonchev–Trinajstić information content (AvgIpc) is 3.22. The maximum atomic E-state index is 12.0. The zero-order valence-electron chi connectivity index (χ0n) is 16.1. The average molecular weight is 371 g/mol. The van der Waals surface area contributed by atoms with Crippen LogP contribution in [0.3, 0.4) is 0 Å². The van der Waals surface area contributed by atoms with Crippen molar-refractivity contribution in [2.45, 2.75) is 25.4 Å². The number of hydrogen-bond donors (Lipinski definition) is 2. The molecule has 0 bridgehead atoms. The lowest BCUT2D eigenvalue weighted by Crippen LogP contribution is -2.45. The predicted octanol–water partition coefficient (Wildman–Crippen LogP) is 1.09. The third kappa shape index (κ3) is 5.77. The zero-order valence-corrected chi connectivity index (χ0v) is 16.1. The Balaban J connectivity index is 1.35. The number of nitrogens with one attached hydrogen (secondary N) is 2. The van der Waals surface area contributed by atoms with E-state index in [0.29, 0.717) is 19.1 Å². The van der Waals surface area contributed by atoms with Crippen LogP contribution in [0.2, 0.25) is 0 Å². The molecular weight excluding hydrogens is 342 g/mol. The van der Waals surface area contributed by atoms with Crippen LogP contribution in [0.5, 0.6) is 0 Å². The monoisotopic (exact) mass is 371 g/mol. The molecule has 0 aliphatic carbocycles. The molecule has 3 heterocycles. The Morgan fingerprint density at radius 3 is 2.78 bits per heavy atom. The lowest BCUT2D eigenvalue weighted by molar-refractivity contribution is 0.146. The quantitative estimate of drug-likeness (QED) is 0.762. The van der Waals surface area contributed by atoms with E-state index in [1.165, 1.54) is 12.8 Å². The van der Waals surface area contributed by atoms with Crippen molar-refractivity contribution in [1.29, 1.82) is 0 Å². The van der Waals surface area contributed by atoms with Gasteiger partial charge in [0.25, 0.3) is 0 Å². The second-order valence-electron chi connectivity index (χ2n) is 7.14. The second-order valence-corrected chi connectivity index (χ2v) is 7.14. The first-order valence-corrected chi connectivity index (χ1v) is 9.45. The van der Waals surface area contributed by atoms with Crippen molar-refractivity contribution in [2.24, 2.45) is 0 Å². The fraction of sp³-hybridized carbons (Fsp3) is 0.526. The summed E-state index contributed by atoms with van der Waals surface area (Å²) in [4.78, 5) is 25.1. The molecule has 0 atom stereocenters. The van der Waals surface area contributed by atoms with Crippen molar-refractivity contribution in [3.05, 3.63) is 42.6 Å². The van der Waals surface area contributed by atoms with Crippen LogP contribution in [0.25, 0.3) is 5.82 Å². The van der Waals surface area contributed by atoms with Crippen molar-refractivity contribution < 1.29 is 4.79 Å². The summed E-state index contributed by atoms with van der Waals surface area (Å²) < 4.78 is 1.84. The Hall–Kier alpha value is -2.45. The largest absolute Gasteiger partial charge is 0.337 e. The summed E-state index contributed by atoms with van der Waals surface area (Å²) in [5, 5.41) is 5.85. The molecule has 0 aromatic carbocycles. The molecule has 0 saturated carbocycles. The predicted molar refractivity (Wildman–Crippen MR) is 105 cm³/mol. The Kier molecular flexibility index (Phi) is 6.78. The van der Waals surface area contributed by atoms with Crippen molar-refractivity contribution in [3.8, 4) is 5.82 Å². The highest BCUT2D eigenvalue weighted by molar-refractivity contribution is 5.73. The summed E-state index contributed by atoms with van der Waals surface area (Å²) in [7, 11) is 4.29. The van der Waals surface area contributed by atoms with E-state index in [9.17, 15) is 4.79 Å². The molecule has 1 aliphatic heterocycles. The number of carbonyl (C=O) groups is 1. The number of pyridine rings is 1. The third-order valence-electron chi connectivity index (χ3n) is 5.03. The van der Waals surface area contributed by atoms with Gasteiger partial charge in [0.15, 0.2) is 0 Å². The van der Waals surface area contributed by atoms with Gasteiger partial charge in [0.1, 0.15) is 12.1 Å². The Labute approximate surface area is 160 Å². The Morgan fingerprint density at radius 1 is 1.26 bits per heavy atom. The number of aromatic nitrogens is 3. The van der Waals surface area contributed by atoms with Crippen LogP contribution >= 0.6 is 0 Å². The zero-order chi connectivity index (χ0) is 19.1. The molecule has 1 aliphatic rings. The summed E-state index contributed by atoms with van der Waals surface area (Å²) >= 11 is 0. The van der Waals surface area contributed by atoms with Gasteiger partial charge in [0.05, 0.1) is 0 Å². The lowest BCUT2D eigenvalue weighted by atomic mass is 10.0. The summed E-state index contributed by atoms with van der Waals surface area (Å²) in [6, 6.07) is 4.39. The van der Waals surface area contributed by atoms with Gasteiger partial charge in [0, 0.05) is 44.3 Å². The molecule has 1 fully saturated rings. The summed E-state index contributed by atoms with van der Waals surface area (Å²) in [6.07, 6.45) is 9.38. The van der Waals surface area contributed by atoms with Gasteiger partial charge < -0.3 is 20.4 Å². The second kappa shape index (κ2) is 9.48. The first-order valence-electron chi connectivity index (χ1n) is 9.45. The van der Waals surface area contributed by atoms with Crippen LogP contribution in [-0.4, -0.2) is 76.7 Å². The van der Waals surface area contributed by atoms with Crippen LogP contribution in [-0.2, 0) is 6.54 Å².